The third-order valence-corrected chi connectivity index (χ3v) is 7.88. The Morgan fingerprint density at radius 1 is 1.03 bits per heavy atom. The van der Waals surface area contributed by atoms with Gasteiger partial charge < -0.3 is 10.2 Å². The van der Waals surface area contributed by atoms with Crippen LogP contribution in [-0.4, -0.2) is 54.9 Å². The normalized spacial score (nSPS) is 18.5. The molecule has 1 aromatic heterocycles. The zero-order valence-electron chi connectivity index (χ0n) is 17.8. The fourth-order valence-corrected chi connectivity index (χ4v) is 5.64. The second-order valence-electron chi connectivity index (χ2n) is 8.20. The molecule has 0 atom stereocenters. The molecule has 8 nitrogen and oxygen atoms in total. The summed E-state index contributed by atoms with van der Waals surface area (Å²) < 4.78 is 27.4. The SMILES string of the molecule is Cc1cc(N2CCN(S(=O)(=O)c3ccc(C#N)cc3)CC2)nc(NC2CCCCC2)n1. The van der Waals surface area contributed by atoms with E-state index in [1.54, 1.807) is 0 Å². The van der Waals surface area contributed by atoms with Crippen molar-refractivity contribution in [3.8, 4) is 6.07 Å². The topological polar surface area (TPSA) is 102 Å². The predicted octanol–water partition coefficient (Wildman–Crippen LogP) is 2.91. The van der Waals surface area contributed by atoms with Gasteiger partial charge in [0.05, 0.1) is 16.5 Å². The van der Waals surface area contributed by atoms with Crippen molar-refractivity contribution in [2.24, 2.45) is 0 Å². The summed E-state index contributed by atoms with van der Waals surface area (Å²) in [7, 11) is -3.58. The van der Waals surface area contributed by atoms with Crippen molar-refractivity contribution in [3.05, 3.63) is 41.6 Å². The lowest BCUT2D eigenvalue weighted by Gasteiger charge is -2.35. The van der Waals surface area contributed by atoms with Gasteiger partial charge >= 0.3 is 0 Å². The summed E-state index contributed by atoms with van der Waals surface area (Å²) in [6.45, 7) is 3.86. The van der Waals surface area contributed by atoms with Gasteiger partial charge in [0, 0.05) is 44.0 Å². The quantitative estimate of drug-likeness (QED) is 0.762. The van der Waals surface area contributed by atoms with Crippen LogP contribution in [0.2, 0.25) is 0 Å². The van der Waals surface area contributed by atoms with E-state index in [-0.39, 0.29) is 4.90 Å². The van der Waals surface area contributed by atoms with Gasteiger partial charge in [-0.1, -0.05) is 19.3 Å². The number of piperazine rings is 1. The van der Waals surface area contributed by atoms with Gasteiger partial charge in [-0.3, -0.25) is 0 Å². The van der Waals surface area contributed by atoms with Gasteiger partial charge in [-0.05, 0) is 44.0 Å². The van der Waals surface area contributed by atoms with Crippen LogP contribution >= 0.6 is 0 Å². The van der Waals surface area contributed by atoms with E-state index in [1.165, 1.54) is 47.8 Å². The van der Waals surface area contributed by atoms with Gasteiger partial charge in [-0.25, -0.2) is 13.4 Å². The van der Waals surface area contributed by atoms with Crippen LogP contribution in [0.5, 0.6) is 0 Å². The minimum absolute atomic E-state index is 0.219. The highest BCUT2D eigenvalue weighted by Crippen LogP contribution is 2.24. The maximum atomic E-state index is 12.9. The third-order valence-electron chi connectivity index (χ3n) is 5.96. The van der Waals surface area contributed by atoms with Gasteiger partial charge in [-0.15, -0.1) is 0 Å². The zero-order valence-corrected chi connectivity index (χ0v) is 18.6. The van der Waals surface area contributed by atoms with Gasteiger partial charge in [0.25, 0.3) is 0 Å². The fourth-order valence-electron chi connectivity index (χ4n) is 4.22. The number of hydrogen-bond acceptors (Lipinski definition) is 7. The number of benzene rings is 1. The van der Waals surface area contributed by atoms with E-state index in [2.05, 4.69) is 15.2 Å². The number of sulfonamides is 1. The smallest absolute Gasteiger partial charge is 0.243 e. The summed E-state index contributed by atoms with van der Waals surface area (Å²) >= 11 is 0. The molecule has 1 aliphatic heterocycles. The summed E-state index contributed by atoms with van der Waals surface area (Å²) in [6, 6.07) is 10.5. The van der Waals surface area contributed by atoms with E-state index in [4.69, 9.17) is 10.2 Å². The Morgan fingerprint density at radius 3 is 2.35 bits per heavy atom. The van der Waals surface area contributed by atoms with Crippen LogP contribution in [0.15, 0.2) is 35.2 Å². The Morgan fingerprint density at radius 2 is 1.71 bits per heavy atom. The molecule has 4 rings (SSSR count). The van der Waals surface area contributed by atoms with Crippen LogP contribution in [0.1, 0.15) is 43.4 Å². The molecule has 2 fully saturated rings. The Labute approximate surface area is 184 Å². The van der Waals surface area contributed by atoms with Crippen LogP contribution in [-0.2, 0) is 10.0 Å². The van der Waals surface area contributed by atoms with Crippen LogP contribution in [0.25, 0.3) is 0 Å². The molecule has 2 aromatic rings. The van der Waals surface area contributed by atoms with Crippen molar-refractivity contribution >= 4 is 21.8 Å². The molecule has 1 aromatic carbocycles. The number of hydrogen-bond donors (Lipinski definition) is 1. The first-order valence-corrected chi connectivity index (χ1v) is 12.3. The highest BCUT2D eigenvalue weighted by Gasteiger charge is 2.29. The van der Waals surface area contributed by atoms with Crippen molar-refractivity contribution in [3.63, 3.8) is 0 Å². The molecule has 1 N–H and O–H groups in total. The van der Waals surface area contributed by atoms with Gasteiger partial charge in [0.2, 0.25) is 16.0 Å². The third kappa shape index (κ3) is 4.97. The maximum Gasteiger partial charge on any atom is 0.243 e. The number of nitrogens with one attached hydrogen (secondary N) is 1. The van der Waals surface area contributed by atoms with Crippen LogP contribution in [0.4, 0.5) is 11.8 Å². The van der Waals surface area contributed by atoms with Gasteiger partial charge in [0.1, 0.15) is 5.82 Å². The van der Waals surface area contributed by atoms with Crippen molar-refractivity contribution < 1.29 is 8.42 Å². The average Bonchev–Trinajstić information content (AvgIpc) is 2.79. The van der Waals surface area contributed by atoms with E-state index in [9.17, 15) is 8.42 Å². The molecule has 0 radical (unpaired) electrons. The lowest BCUT2D eigenvalue weighted by Crippen LogP contribution is -2.49. The lowest BCUT2D eigenvalue weighted by atomic mass is 9.96. The van der Waals surface area contributed by atoms with E-state index in [0.717, 1.165) is 24.4 Å². The van der Waals surface area contributed by atoms with E-state index < -0.39 is 10.0 Å². The molecule has 2 heterocycles. The van der Waals surface area contributed by atoms with Gasteiger partial charge in [0.15, 0.2) is 0 Å². The number of rotatable bonds is 5. The monoisotopic (exact) mass is 440 g/mol. The largest absolute Gasteiger partial charge is 0.354 e. The minimum atomic E-state index is -3.58. The van der Waals surface area contributed by atoms with Crippen LogP contribution in [0, 0.1) is 18.3 Å². The number of aromatic nitrogens is 2. The first-order valence-electron chi connectivity index (χ1n) is 10.8. The highest BCUT2D eigenvalue weighted by atomic mass is 32.2. The molecule has 0 amide bonds. The molecule has 31 heavy (non-hydrogen) atoms. The molecule has 0 unspecified atom stereocenters. The molecule has 0 spiro atoms. The summed E-state index contributed by atoms with van der Waals surface area (Å²) in [5.74, 6) is 1.50. The molecule has 1 aliphatic carbocycles. The summed E-state index contributed by atoms with van der Waals surface area (Å²) in [5, 5.41) is 12.4. The summed E-state index contributed by atoms with van der Waals surface area (Å²) in [6.07, 6.45) is 6.09. The molecule has 2 aliphatic rings. The number of anilines is 2. The number of nitriles is 1. The lowest BCUT2D eigenvalue weighted by molar-refractivity contribution is 0.383. The van der Waals surface area contributed by atoms with E-state index >= 15 is 0 Å². The van der Waals surface area contributed by atoms with Crippen LogP contribution < -0.4 is 10.2 Å². The first-order chi connectivity index (χ1) is 15.0. The van der Waals surface area contributed by atoms with Gasteiger partial charge in [-0.2, -0.15) is 14.6 Å². The van der Waals surface area contributed by atoms with Crippen molar-refractivity contribution in [2.75, 3.05) is 36.4 Å². The molecule has 164 valence electrons. The molecule has 1 saturated heterocycles. The van der Waals surface area contributed by atoms with Crippen molar-refractivity contribution in [1.82, 2.24) is 14.3 Å². The minimum Gasteiger partial charge on any atom is -0.354 e. The van der Waals surface area contributed by atoms with Crippen molar-refractivity contribution in [1.29, 1.82) is 5.26 Å². The molecule has 9 heteroatoms. The Balaban J connectivity index is 1.42. The average molecular weight is 441 g/mol. The number of nitrogens with zero attached hydrogens (tertiary/aromatic N) is 5. The zero-order chi connectivity index (χ0) is 21.8. The fraction of sp³-hybridized carbons (Fsp3) is 0.500. The standard InChI is InChI=1S/C22H28N6O2S/c1-17-15-21(26-22(24-17)25-19-5-3-2-4-6-19)27-11-13-28(14-12-27)31(29,30)20-9-7-18(16-23)8-10-20/h7-10,15,19H,2-6,11-14H2,1H3,(H,24,25,26). The summed E-state index contributed by atoms with van der Waals surface area (Å²) in [4.78, 5) is 11.6. The molecular formula is C22H28N6O2S. The van der Waals surface area contributed by atoms with Crippen molar-refractivity contribution in [2.45, 2.75) is 50.0 Å². The molecule has 0 bridgehead atoms. The molecule has 1 saturated carbocycles. The van der Waals surface area contributed by atoms with E-state index in [0.29, 0.717) is 43.7 Å². The first kappa shape index (κ1) is 21.5. The summed E-state index contributed by atoms with van der Waals surface area (Å²) in [5.41, 5.74) is 1.34. The Hall–Kier alpha value is -2.70. The predicted molar refractivity (Wildman–Crippen MR) is 119 cm³/mol. The van der Waals surface area contributed by atoms with E-state index in [1.807, 2.05) is 19.1 Å². The molecular weight excluding hydrogens is 412 g/mol. The number of aryl methyl sites for hydroxylation is 1. The highest BCUT2D eigenvalue weighted by molar-refractivity contribution is 7.89. The Kier molecular flexibility index (Phi) is 6.39. The second-order valence-corrected chi connectivity index (χ2v) is 10.1. The maximum absolute atomic E-state index is 12.9. The Bertz CT molecular complexity index is 1050. The second kappa shape index (κ2) is 9.20. The van der Waals surface area contributed by atoms with Crippen LogP contribution in [0.3, 0.4) is 0 Å².